The van der Waals surface area contributed by atoms with Crippen molar-refractivity contribution >= 4 is 17.5 Å². The zero-order valence-corrected chi connectivity index (χ0v) is 14.6. The molecule has 2 amide bonds. The fourth-order valence-corrected chi connectivity index (χ4v) is 2.95. The Labute approximate surface area is 157 Å². The van der Waals surface area contributed by atoms with E-state index in [2.05, 4.69) is 5.32 Å². The Bertz CT molecular complexity index is 894. The average Bonchev–Trinajstić information content (AvgIpc) is 2.71. The smallest absolute Gasteiger partial charge is 0.255 e. The third-order valence-corrected chi connectivity index (χ3v) is 4.24. The van der Waals surface area contributed by atoms with E-state index in [0.29, 0.717) is 17.7 Å². The van der Waals surface area contributed by atoms with Gasteiger partial charge in [-0.3, -0.25) is 14.8 Å². The lowest BCUT2D eigenvalue weighted by Crippen LogP contribution is -2.27. The number of rotatable bonds is 6. The van der Waals surface area contributed by atoms with Gasteiger partial charge in [-0.05, 0) is 28.8 Å². The first-order chi connectivity index (χ1) is 13.2. The monoisotopic (exact) mass is 360 g/mol. The summed E-state index contributed by atoms with van der Waals surface area (Å²) in [5, 5.41) is 11.9. The summed E-state index contributed by atoms with van der Waals surface area (Å²) in [6.07, 6.45) is 0.294. The predicted molar refractivity (Wildman–Crippen MR) is 103 cm³/mol. The first-order valence-corrected chi connectivity index (χ1v) is 8.60. The minimum atomic E-state index is -0.634. The molecule has 0 spiro atoms. The second-order valence-corrected chi connectivity index (χ2v) is 6.15. The Morgan fingerprint density at radius 2 is 1.33 bits per heavy atom. The highest BCUT2D eigenvalue weighted by molar-refractivity contribution is 5.92. The highest BCUT2D eigenvalue weighted by Gasteiger charge is 2.22. The molecule has 0 aliphatic carbocycles. The molecule has 0 radical (unpaired) electrons. The number of hydrogen-bond acceptors (Lipinski definition) is 3. The number of hydroxylamine groups is 1. The summed E-state index contributed by atoms with van der Waals surface area (Å²) >= 11 is 0. The molecule has 5 nitrogen and oxygen atoms in total. The highest BCUT2D eigenvalue weighted by Crippen LogP contribution is 2.26. The van der Waals surface area contributed by atoms with Gasteiger partial charge in [0, 0.05) is 5.69 Å². The lowest BCUT2D eigenvalue weighted by Gasteiger charge is -2.16. The molecular weight excluding hydrogens is 340 g/mol. The molecule has 1 unspecified atom stereocenters. The van der Waals surface area contributed by atoms with Crippen LogP contribution < -0.4 is 10.8 Å². The molecule has 0 aliphatic heterocycles. The van der Waals surface area contributed by atoms with Crippen molar-refractivity contribution in [2.75, 3.05) is 5.32 Å². The number of benzene rings is 3. The molecule has 1 atom stereocenters. The third-order valence-electron chi connectivity index (χ3n) is 4.24. The van der Waals surface area contributed by atoms with E-state index in [1.807, 2.05) is 60.7 Å². The Hall–Kier alpha value is -3.44. The molecular formula is C22H20N2O3. The van der Waals surface area contributed by atoms with Crippen molar-refractivity contribution < 1.29 is 14.8 Å². The molecule has 0 fully saturated rings. The van der Waals surface area contributed by atoms with Crippen LogP contribution >= 0.6 is 0 Å². The normalized spacial score (nSPS) is 11.4. The zero-order chi connectivity index (χ0) is 19.1. The lowest BCUT2D eigenvalue weighted by atomic mass is 9.90. The van der Waals surface area contributed by atoms with Crippen LogP contribution in [0.25, 0.3) is 0 Å². The van der Waals surface area contributed by atoms with Gasteiger partial charge in [0.25, 0.3) is 5.91 Å². The molecule has 0 saturated heterocycles. The molecule has 0 heterocycles. The van der Waals surface area contributed by atoms with Gasteiger partial charge in [-0.25, -0.2) is 5.48 Å². The van der Waals surface area contributed by atoms with Crippen molar-refractivity contribution in [3.63, 3.8) is 0 Å². The number of nitrogens with one attached hydrogen (secondary N) is 2. The molecule has 0 bridgehead atoms. The molecule has 3 aromatic rings. The van der Waals surface area contributed by atoms with Gasteiger partial charge >= 0.3 is 0 Å². The van der Waals surface area contributed by atoms with Crippen LogP contribution in [-0.2, 0) is 16.0 Å². The van der Waals surface area contributed by atoms with Crippen molar-refractivity contribution in [2.45, 2.75) is 12.3 Å². The maximum absolute atomic E-state index is 12.2. The van der Waals surface area contributed by atoms with Gasteiger partial charge in [0.1, 0.15) is 0 Å². The minimum absolute atomic E-state index is 0.110. The van der Waals surface area contributed by atoms with E-state index in [1.54, 1.807) is 29.7 Å². The Morgan fingerprint density at radius 1 is 0.778 bits per heavy atom. The van der Waals surface area contributed by atoms with Crippen molar-refractivity contribution in [3.05, 3.63) is 102 Å². The quantitative estimate of drug-likeness (QED) is 0.465. The minimum Gasteiger partial charge on any atom is -0.326 e. The molecule has 3 rings (SSSR count). The van der Waals surface area contributed by atoms with Gasteiger partial charge in [-0.2, -0.15) is 0 Å². The molecule has 0 saturated carbocycles. The summed E-state index contributed by atoms with van der Waals surface area (Å²) in [6, 6.07) is 25.7. The average molecular weight is 360 g/mol. The maximum atomic E-state index is 12.2. The Balaban J connectivity index is 1.73. The third kappa shape index (κ3) is 4.80. The summed E-state index contributed by atoms with van der Waals surface area (Å²) in [5.41, 5.74) is 4.80. The van der Waals surface area contributed by atoms with Crippen LogP contribution in [0.4, 0.5) is 5.69 Å². The van der Waals surface area contributed by atoms with Crippen LogP contribution in [0, 0.1) is 0 Å². The summed E-state index contributed by atoms with van der Waals surface area (Å²) in [7, 11) is 0. The van der Waals surface area contributed by atoms with Crippen molar-refractivity contribution in [1.29, 1.82) is 0 Å². The Morgan fingerprint density at radius 3 is 1.93 bits per heavy atom. The summed E-state index contributed by atoms with van der Waals surface area (Å²) < 4.78 is 0. The predicted octanol–water partition coefficient (Wildman–Crippen LogP) is 3.51. The number of amides is 2. The molecule has 5 heteroatoms. The van der Waals surface area contributed by atoms with Crippen LogP contribution in [0.1, 0.15) is 22.6 Å². The van der Waals surface area contributed by atoms with E-state index in [1.165, 1.54) is 0 Å². The molecule has 27 heavy (non-hydrogen) atoms. The largest absolute Gasteiger partial charge is 0.326 e. The number of carbonyl (C=O) groups excluding carboxylic acids is 2. The second kappa shape index (κ2) is 8.78. The summed E-state index contributed by atoms with van der Waals surface area (Å²) in [5.74, 6) is -1.26. The fourth-order valence-electron chi connectivity index (χ4n) is 2.95. The topological polar surface area (TPSA) is 78.4 Å². The number of carbonyl (C=O) groups is 2. The first-order valence-electron chi connectivity index (χ1n) is 8.60. The van der Waals surface area contributed by atoms with Crippen LogP contribution in [-0.4, -0.2) is 17.0 Å². The zero-order valence-electron chi connectivity index (χ0n) is 14.6. The van der Waals surface area contributed by atoms with Gasteiger partial charge in [0.05, 0.1) is 12.3 Å². The van der Waals surface area contributed by atoms with Crippen LogP contribution in [0.5, 0.6) is 0 Å². The molecule has 0 aromatic heterocycles. The van der Waals surface area contributed by atoms with Crippen LogP contribution in [0.15, 0.2) is 84.9 Å². The Kier molecular flexibility index (Phi) is 5.97. The van der Waals surface area contributed by atoms with Gasteiger partial charge in [0.15, 0.2) is 0 Å². The van der Waals surface area contributed by atoms with Crippen molar-refractivity contribution in [2.24, 2.45) is 0 Å². The highest BCUT2D eigenvalue weighted by atomic mass is 16.5. The van der Waals surface area contributed by atoms with E-state index >= 15 is 0 Å². The van der Waals surface area contributed by atoms with E-state index < -0.39 is 11.8 Å². The van der Waals surface area contributed by atoms with Gasteiger partial charge in [-0.1, -0.05) is 72.8 Å². The van der Waals surface area contributed by atoms with Crippen molar-refractivity contribution in [3.8, 4) is 0 Å². The fraction of sp³-hybridized carbons (Fsp3) is 0.0909. The lowest BCUT2D eigenvalue weighted by molar-refractivity contribution is -0.129. The molecule has 3 N–H and O–H groups in total. The molecule has 0 aliphatic rings. The molecule has 3 aromatic carbocycles. The van der Waals surface area contributed by atoms with E-state index in [4.69, 9.17) is 5.21 Å². The second-order valence-electron chi connectivity index (χ2n) is 6.15. The SMILES string of the molecule is O=C(Cc1ccccc1)Nc1ccc(C(C(=O)NO)c2ccccc2)cc1. The standard InChI is InChI=1S/C22H20N2O3/c25-20(15-16-7-3-1-4-8-16)23-19-13-11-18(12-14-19)21(22(26)24-27)17-9-5-2-6-10-17/h1-14,21,27H,15H2,(H,23,25)(H,24,26). The van der Waals surface area contributed by atoms with Gasteiger partial charge in [0.2, 0.25) is 5.91 Å². The van der Waals surface area contributed by atoms with E-state index in [9.17, 15) is 9.59 Å². The summed E-state index contributed by atoms with van der Waals surface area (Å²) in [4.78, 5) is 24.3. The van der Waals surface area contributed by atoms with Crippen LogP contribution in [0.3, 0.4) is 0 Å². The number of anilines is 1. The van der Waals surface area contributed by atoms with E-state index in [-0.39, 0.29) is 5.91 Å². The molecule has 136 valence electrons. The first kappa shape index (κ1) is 18.4. The maximum Gasteiger partial charge on any atom is 0.255 e. The van der Waals surface area contributed by atoms with Gasteiger partial charge in [-0.15, -0.1) is 0 Å². The van der Waals surface area contributed by atoms with Gasteiger partial charge < -0.3 is 5.32 Å². The van der Waals surface area contributed by atoms with Crippen LogP contribution in [0.2, 0.25) is 0 Å². The summed E-state index contributed by atoms with van der Waals surface area (Å²) in [6.45, 7) is 0. The van der Waals surface area contributed by atoms with Crippen molar-refractivity contribution in [1.82, 2.24) is 5.48 Å². The van der Waals surface area contributed by atoms with E-state index in [0.717, 1.165) is 11.1 Å². The number of hydrogen-bond donors (Lipinski definition) is 3.